The van der Waals surface area contributed by atoms with Gasteiger partial charge < -0.3 is 15.4 Å². The second-order valence-corrected chi connectivity index (χ2v) is 8.37. The molecule has 1 aromatic heterocycles. The van der Waals surface area contributed by atoms with Gasteiger partial charge in [-0.15, -0.1) is 35.3 Å². The van der Waals surface area contributed by atoms with Crippen LogP contribution in [0, 0.1) is 0 Å². The van der Waals surface area contributed by atoms with Gasteiger partial charge in [0, 0.05) is 38.7 Å². The van der Waals surface area contributed by atoms with Crippen molar-refractivity contribution >= 4 is 51.3 Å². The molecular weight excluding hydrogens is 463 g/mol. The largest absolute Gasteiger partial charge is 0.380 e. The summed E-state index contributed by atoms with van der Waals surface area (Å²) < 4.78 is 30.9. The molecule has 0 aromatic carbocycles. The molecule has 0 radical (unpaired) electrons. The number of hydrogen-bond donors (Lipinski definition) is 2. The van der Waals surface area contributed by atoms with E-state index in [1.54, 1.807) is 12.1 Å². The standard InChI is InChI=1S/C14H26N4O3S2.HI/c1-5-15-14(16-9-10-21-6-2)17-11-12-7-8-13(22-12)23(19,20)18(3)4;/h7-8H,5-6,9-11H2,1-4H3,(H2,15,16,17);1H. The molecule has 0 unspecified atom stereocenters. The van der Waals surface area contributed by atoms with Gasteiger partial charge in [0.2, 0.25) is 0 Å². The highest BCUT2D eigenvalue weighted by molar-refractivity contribution is 14.0. The Morgan fingerprint density at radius 2 is 2.00 bits per heavy atom. The third kappa shape index (κ3) is 7.64. The molecule has 0 aliphatic heterocycles. The average Bonchev–Trinajstić information content (AvgIpc) is 2.98. The summed E-state index contributed by atoms with van der Waals surface area (Å²) in [4.78, 5) is 5.36. The van der Waals surface area contributed by atoms with Crippen molar-refractivity contribution in [3.05, 3.63) is 17.0 Å². The van der Waals surface area contributed by atoms with Gasteiger partial charge in [-0.2, -0.15) is 0 Å². The number of nitrogens with zero attached hydrogens (tertiary/aromatic N) is 2. The lowest BCUT2D eigenvalue weighted by molar-refractivity contribution is 0.152. The normalized spacial score (nSPS) is 12.1. The zero-order valence-electron chi connectivity index (χ0n) is 14.5. The maximum absolute atomic E-state index is 12.1. The van der Waals surface area contributed by atoms with E-state index >= 15 is 0 Å². The lowest BCUT2D eigenvalue weighted by Crippen LogP contribution is -2.38. The van der Waals surface area contributed by atoms with Crippen LogP contribution in [0.5, 0.6) is 0 Å². The van der Waals surface area contributed by atoms with Gasteiger partial charge in [-0.1, -0.05) is 0 Å². The molecule has 0 saturated carbocycles. The molecule has 0 aliphatic carbocycles. The molecule has 7 nitrogen and oxygen atoms in total. The summed E-state index contributed by atoms with van der Waals surface area (Å²) >= 11 is 1.24. The van der Waals surface area contributed by atoms with Gasteiger partial charge in [0.1, 0.15) is 4.21 Å². The Kier molecular flexibility index (Phi) is 11.8. The van der Waals surface area contributed by atoms with Crippen molar-refractivity contribution in [1.82, 2.24) is 14.9 Å². The molecule has 0 aliphatic rings. The summed E-state index contributed by atoms with van der Waals surface area (Å²) in [5, 5.41) is 6.32. The predicted octanol–water partition coefficient (Wildman–Crippen LogP) is 1.71. The van der Waals surface area contributed by atoms with E-state index in [1.807, 2.05) is 13.8 Å². The SMILES string of the molecule is CCNC(=NCc1ccc(S(=O)(=O)N(C)C)s1)NCCOCC.I. The smallest absolute Gasteiger partial charge is 0.252 e. The van der Waals surface area contributed by atoms with Crippen molar-refractivity contribution in [2.24, 2.45) is 4.99 Å². The molecule has 0 fully saturated rings. The molecule has 1 rings (SSSR count). The zero-order chi connectivity index (χ0) is 17.3. The average molecular weight is 490 g/mol. The van der Waals surface area contributed by atoms with E-state index in [-0.39, 0.29) is 24.0 Å². The fraction of sp³-hybridized carbons (Fsp3) is 0.643. The lowest BCUT2D eigenvalue weighted by Gasteiger charge is -2.10. The fourth-order valence-corrected chi connectivity index (χ4v) is 4.10. The van der Waals surface area contributed by atoms with Gasteiger partial charge in [-0.25, -0.2) is 17.7 Å². The molecule has 1 aromatic rings. The van der Waals surface area contributed by atoms with Crippen molar-refractivity contribution in [2.45, 2.75) is 24.6 Å². The summed E-state index contributed by atoms with van der Waals surface area (Å²) in [5.74, 6) is 0.692. The van der Waals surface area contributed by atoms with Crippen molar-refractivity contribution in [3.63, 3.8) is 0 Å². The van der Waals surface area contributed by atoms with Crippen molar-refractivity contribution in [1.29, 1.82) is 0 Å². The Balaban J connectivity index is 0.00000529. The number of ether oxygens (including phenoxy) is 1. The van der Waals surface area contributed by atoms with E-state index < -0.39 is 10.0 Å². The fourth-order valence-electron chi connectivity index (χ4n) is 1.65. The highest BCUT2D eigenvalue weighted by Crippen LogP contribution is 2.24. The summed E-state index contributed by atoms with van der Waals surface area (Å²) in [6.45, 7) is 7.11. The Bertz CT molecular complexity index is 603. The van der Waals surface area contributed by atoms with Crippen LogP contribution in [-0.4, -0.2) is 59.1 Å². The van der Waals surface area contributed by atoms with Crippen LogP contribution in [-0.2, 0) is 21.3 Å². The third-order valence-electron chi connectivity index (χ3n) is 2.85. The van der Waals surface area contributed by atoms with E-state index in [1.165, 1.54) is 29.7 Å². The van der Waals surface area contributed by atoms with Crippen molar-refractivity contribution < 1.29 is 13.2 Å². The minimum atomic E-state index is -3.37. The first-order valence-electron chi connectivity index (χ1n) is 7.53. The quantitative estimate of drug-likeness (QED) is 0.238. The summed E-state index contributed by atoms with van der Waals surface area (Å²) in [6, 6.07) is 3.43. The van der Waals surface area contributed by atoms with Gasteiger partial charge in [0.25, 0.3) is 10.0 Å². The van der Waals surface area contributed by atoms with Crippen LogP contribution in [0.3, 0.4) is 0 Å². The molecule has 24 heavy (non-hydrogen) atoms. The Morgan fingerprint density at radius 3 is 2.58 bits per heavy atom. The first-order chi connectivity index (χ1) is 10.9. The molecule has 0 bridgehead atoms. The summed E-state index contributed by atoms with van der Waals surface area (Å²) in [7, 11) is -0.317. The third-order valence-corrected chi connectivity index (χ3v) is 6.20. The van der Waals surface area contributed by atoms with E-state index in [2.05, 4.69) is 15.6 Å². The maximum atomic E-state index is 12.1. The van der Waals surface area contributed by atoms with Crippen LogP contribution in [0.15, 0.2) is 21.3 Å². The van der Waals surface area contributed by atoms with Crippen LogP contribution in [0.4, 0.5) is 0 Å². The molecule has 140 valence electrons. The van der Waals surface area contributed by atoms with Gasteiger partial charge in [-0.3, -0.25) is 0 Å². The molecule has 0 atom stereocenters. The van der Waals surface area contributed by atoms with Gasteiger partial charge in [0.05, 0.1) is 13.2 Å². The number of guanidine groups is 1. The molecule has 0 amide bonds. The topological polar surface area (TPSA) is 83.0 Å². The Hall–Kier alpha value is -0.430. The van der Waals surface area contributed by atoms with Crippen LogP contribution < -0.4 is 10.6 Å². The maximum Gasteiger partial charge on any atom is 0.252 e. The van der Waals surface area contributed by atoms with Crippen LogP contribution >= 0.6 is 35.3 Å². The highest BCUT2D eigenvalue weighted by atomic mass is 127. The minimum absolute atomic E-state index is 0. The summed E-state index contributed by atoms with van der Waals surface area (Å²) in [6.07, 6.45) is 0. The molecule has 0 spiro atoms. The molecule has 2 N–H and O–H groups in total. The number of rotatable bonds is 9. The lowest BCUT2D eigenvalue weighted by atomic mass is 10.5. The van der Waals surface area contributed by atoms with Crippen molar-refractivity contribution in [3.8, 4) is 0 Å². The highest BCUT2D eigenvalue weighted by Gasteiger charge is 2.19. The number of sulfonamides is 1. The second kappa shape index (κ2) is 12.0. The number of halogens is 1. The Morgan fingerprint density at radius 1 is 1.29 bits per heavy atom. The number of aliphatic imine (C=N–C) groups is 1. The van der Waals surface area contributed by atoms with E-state index in [0.29, 0.717) is 36.5 Å². The molecule has 0 saturated heterocycles. The number of nitrogens with one attached hydrogen (secondary N) is 2. The molecule has 1 heterocycles. The second-order valence-electron chi connectivity index (χ2n) is 4.83. The summed E-state index contributed by atoms with van der Waals surface area (Å²) in [5.41, 5.74) is 0. The Labute approximate surface area is 165 Å². The van der Waals surface area contributed by atoms with Crippen LogP contribution in [0.2, 0.25) is 0 Å². The van der Waals surface area contributed by atoms with Crippen LogP contribution in [0.25, 0.3) is 0 Å². The molecule has 10 heteroatoms. The van der Waals surface area contributed by atoms with E-state index in [9.17, 15) is 8.42 Å². The monoisotopic (exact) mass is 490 g/mol. The van der Waals surface area contributed by atoms with E-state index in [0.717, 1.165) is 11.4 Å². The van der Waals surface area contributed by atoms with Gasteiger partial charge in [-0.05, 0) is 26.0 Å². The number of hydrogen-bond acceptors (Lipinski definition) is 5. The van der Waals surface area contributed by atoms with Crippen molar-refractivity contribution in [2.75, 3.05) is 40.4 Å². The minimum Gasteiger partial charge on any atom is -0.380 e. The molecular formula is C14H27IN4O3S2. The van der Waals surface area contributed by atoms with Gasteiger partial charge >= 0.3 is 0 Å². The van der Waals surface area contributed by atoms with Gasteiger partial charge in [0.15, 0.2) is 5.96 Å². The predicted molar refractivity (Wildman–Crippen MR) is 110 cm³/mol. The van der Waals surface area contributed by atoms with E-state index in [4.69, 9.17) is 4.74 Å². The number of thiophene rings is 1. The first-order valence-corrected chi connectivity index (χ1v) is 9.78. The first kappa shape index (κ1) is 23.6. The zero-order valence-corrected chi connectivity index (χ0v) is 18.5. The van der Waals surface area contributed by atoms with Crippen LogP contribution in [0.1, 0.15) is 18.7 Å².